The van der Waals surface area contributed by atoms with Crippen molar-refractivity contribution in [3.8, 4) is 0 Å². The maximum absolute atomic E-state index is 13.5. The van der Waals surface area contributed by atoms with Crippen LogP contribution in [0.4, 0.5) is 10.6 Å². The molecule has 0 bridgehead atoms. The van der Waals surface area contributed by atoms with E-state index < -0.39 is 26.6 Å². The third-order valence-electron chi connectivity index (χ3n) is 8.02. The average Bonchev–Trinajstić information content (AvgIpc) is 3.48. The number of nitrogens with two attached hydrogens (primary N) is 1. The summed E-state index contributed by atoms with van der Waals surface area (Å²) in [7, 11) is -3.74. The maximum Gasteiger partial charge on any atom is 0.510 e. The van der Waals surface area contributed by atoms with E-state index in [9.17, 15) is 9.36 Å². The van der Waals surface area contributed by atoms with Crippen molar-refractivity contribution in [3.05, 3.63) is 12.7 Å². The number of thioether (sulfide) groups is 1. The number of anilines is 1. The van der Waals surface area contributed by atoms with Gasteiger partial charge in [-0.25, -0.2) is 19.7 Å². The molecule has 0 amide bonds. The molecule has 0 aliphatic carbocycles. The Hall–Kier alpha value is -1.92. The third kappa shape index (κ3) is 20.5. The number of fused-ring (bicyclic) bond motifs is 1. The Balaban J connectivity index is 1.57. The van der Waals surface area contributed by atoms with Gasteiger partial charge in [-0.2, -0.15) is 11.8 Å². The Labute approximate surface area is 299 Å². The molecule has 0 fully saturated rings. The van der Waals surface area contributed by atoms with E-state index in [0.717, 1.165) is 18.6 Å². The fraction of sp³-hybridized carbons (Fsp3) is 0.829. The van der Waals surface area contributed by atoms with Crippen LogP contribution in [0.3, 0.4) is 0 Å². The molecule has 0 aromatic carbocycles. The lowest BCUT2D eigenvalue weighted by molar-refractivity contribution is -0.0181. The van der Waals surface area contributed by atoms with Gasteiger partial charge in [0.25, 0.3) is 0 Å². The first kappa shape index (κ1) is 43.2. The molecule has 14 heteroatoms. The molecule has 0 spiro atoms. The average molecular weight is 730 g/mol. The Morgan fingerprint density at radius 2 is 1.43 bits per heavy atom. The second-order valence-electron chi connectivity index (χ2n) is 13.0. The van der Waals surface area contributed by atoms with Gasteiger partial charge >= 0.3 is 13.8 Å². The number of rotatable bonds is 31. The van der Waals surface area contributed by atoms with Gasteiger partial charge in [0.15, 0.2) is 11.5 Å². The van der Waals surface area contributed by atoms with E-state index in [4.69, 9.17) is 29.0 Å². The molecule has 49 heavy (non-hydrogen) atoms. The van der Waals surface area contributed by atoms with Gasteiger partial charge in [-0.1, -0.05) is 96.8 Å². The molecule has 282 valence electrons. The van der Waals surface area contributed by atoms with Crippen molar-refractivity contribution in [2.24, 2.45) is 0 Å². The molecule has 0 aliphatic rings. The normalized spacial score (nSPS) is 13.6. The van der Waals surface area contributed by atoms with Crippen LogP contribution in [-0.2, 0) is 34.4 Å². The van der Waals surface area contributed by atoms with Crippen molar-refractivity contribution in [2.45, 2.75) is 156 Å². The van der Waals surface area contributed by atoms with Gasteiger partial charge in [-0.05, 0) is 51.5 Å². The highest BCUT2D eigenvalue weighted by atomic mass is 32.2. The number of nitrogen functional groups attached to an aromatic ring is 1. The van der Waals surface area contributed by atoms with E-state index in [1.54, 1.807) is 24.7 Å². The van der Waals surface area contributed by atoms with Crippen molar-refractivity contribution in [1.29, 1.82) is 0 Å². The van der Waals surface area contributed by atoms with Crippen molar-refractivity contribution < 1.29 is 32.6 Å². The van der Waals surface area contributed by atoms with Gasteiger partial charge in [0.1, 0.15) is 18.2 Å². The largest absolute Gasteiger partial charge is 0.510 e. The summed E-state index contributed by atoms with van der Waals surface area (Å²) < 4.78 is 42.2. The molecule has 0 aliphatic heterocycles. The van der Waals surface area contributed by atoms with Crippen molar-refractivity contribution in [2.75, 3.05) is 37.0 Å². The van der Waals surface area contributed by atoms with Crippen LogP contribution in [0.1, 0.15) is 137 Å². The highest BCUT2D eigenvalue weighted by Crippen LogP contribution is 2.48. The predicted octanol–water partition coefficient (Wildman–Crippen LogP) is 9.90. The number of carbonyl (C=O) groups is 1. The quantitative estimate of drug-likeness (QED) is 0.0340. The number of unbranched alkanes of at least 4 members (excludes halogenated alkanes) is 15. The molecule has 2 aromatic heterocycles. The fourth-order valence-electron chi connectivity index (χ4n) is 5.26. The highest BCUT2D eigenvalue weighted by molar-refractivity contribution is 7.99. The first-order valence-corrected chi connectivity index (χ1v) is 21.4. The second-order valence-corrected chi connectivity index (χ2v) is 16.2. The van der Waals surface area contributed by atoms with Crippen LogP contribution >= 0.6 is 19.4 Å². The van der Waals surface area contributed by atoms with Crippen molar-refractivity contribution >= 4 is 42.5 Å². The van der Waals surface area contributed by atoms with Gasteiger partial charge in [0, 0.05) is 0 Å². The van der Waals surface area contributed by atoms with Crippen LogP contribution in [0.2, 0.25) is 0 Å². The minimum absolute atomic E-state index is 0.243. The summed E-state index contributed by atoms with van der Waals surface area (Å²) in [4.78, 5) is 24.2. The first-order chi connectivity index (χ1) is 23.7. The second kappa shape index (κ2) is 26.8. The molecule has 0 saturated carbocycles. The van der Waals surface area contributed by atoms with E-state index in [2.05, 4.69) is 21.9 Å². The zero-order valence-corrected chi connectivity index (χ0v) is 32.4. The summed E-state index contributed by atoms with van der Waals surface area (Å²) in [6.45, 7) is 7.56. The van der Waals surface area contributed by atoms with Crippen LogP contribution in [-0.4, -0.2) is 69.1 Å². The highest BCUT2D eigenvalue weighted by Gasteiger charge is 2.28. The minimum atomic E-state index is -3.74. The van der Waals surface area contributed by atoms with E-state index in [1.807, 2.05) is 18.7 Å². The van der Waals surface area contributed by atoms with Gasteiger partial charge in [-0.15, -0.1) is 0 Å². The molecule has 2 atom stereocenters. The molecular formula is C35H64N5O7PS. The molecule has 2 heterocycles. The zero-order chi connectivity index (χ0) is 35.6. The maximum atomic E-state index is 13.5. The van der Waals surface area contributed by atoms with Crippen LogP contribution in [0.15, 0.2) is 12.7 Å². The van der Waals surface area contributed by atoms with Crippen LogP contribution in [0.25, 0.3) is 11.2 Å². The van der Waals surface area contributed by atoms with E-state index in [-0.39, 0.29) is 19.1 Å². The van der Waals surface area contributed by atoms with Gasteiger partial charge in [0.2, 0.25) is 6.79 Å². The van der Waals surface area contributed by atoms with Crippen LogP contribution < -0.4 is 5.73 Å². The Morgan fingerprint density at radius 1 is 0.837 bits per heavy atom. The summed E-state index contributed by atoms with van der Waals surface area (Å²) in [5.41, 5.74) is 6.96. The Bertz CT molecular complexity index is 1190. The molecule has 2 N–H and O–H groups in total. The topological polar surface area (TPSA) is 150 Å². The lowest BCUT2D eigenvalue weighted by atomic mass is 10.0. The van der Waals surface area contributed by atoms with Crippen molar-refractivity contribution in [3.63, 3.8) is 0 Å². The standard InChI is InChI=1S/C35H64N5O7PS/c1-5-6-7-8-9-10-11-12-13-14-15-16-17-18-20-23-49-24-21-19-22-45-48(42,46-28-43-35(41)47-30(2)3)29-44-31(4)25-40-27-39-32-33(36)37-26-38-34(32)40/h26-27,30-31H,5-25,28-29H2,1-4H3,(H2,36,37,38)/t31-,48?/m1/s1. The van der Waals surface area contributed by atoms with E-state index >= 15 is 0 Å². The Morgan fingerprint density at radius 3 is 2.04 bits per heavy atom. The first-order valence-electron chi connectivity index (χ1n) is 18.6. The van der Waals surface area contributed by atoms with Crippen LogP contribution in [0.5, 0.6) is 0 Å². The number of hydrogen-bond donors (Lipinski definition) is 1. The number of nitrogens with zero attached hydrogens (tertiary/aromatic N) is 4. The molecule has 1 unspecified atom stereocenters. The molecule has 2 rings (SSSR count). The smallest absolute Gasteiger partial charge is 0.432 e. The van der Waals surface area contributed by atoms with Gasteiger partial charge < -0.3 is 29.0 Å². The summed E-state index contributed by atoms with van der Waals surface area (Å²) in [5.74, 6) is 2.49. The molecular weight excluding hydrogens is 665 g/mol. The minimum Gasteiger partial charge on any atom is -0.432 e. The lowest BCUT2D eigenvalue weighted by Gasteiger charge is -2.21. The van der Waals surface area contributed by atoms with Crippen LogP contribution in [0, 0.1) is 0 Å². The summed E-state index contributed by atoms with van der Waals surface area (Å²) in [6, 6.07) is 0. The zero-order valence-electron chi connectivity index (χ0n) is 30.7. The number of hydrogen-bond acceptors (Lipinski definition) is 12. The SMILES string of the molecule is CCCCCCCCCCCCCCCCCSCCCCOP(=O)(CO[C@H](C)Cn1cnc2c(N)ncnc21)OCOC(=O)OC(C)C. The summed E-state index contributed by atoms with van der Waals surface area (Å²) >= 11 is 1.96. The lowest BCUT2D eigenvalue weighted by Crippen LogP contribution is -2.19. The number of imidazole rings is 1. The van der Waals surface area contributed by atoms with Crippen molar-refractivity contribution in [1.82, 2.24) is 19.5 Å². The van der Waals surface area contributed by atoms with E-state index in [1.165, 1.54) is 108 Å². The number of ether oxygens (including phenoxy) is 3. The molecule has 2 aromatic rings. The Kier molecular flexibility index (Phi) is 23.7. The fourth-order valence-corrected chi connectivity index (χ4v) is 7.56. The monoisotopic (exact) mass is 729 g/mol. The van der Waals surface area contributed by atoms with Gasteiger partial charge in [-0.3, -0.25) is 9.09 Å². The molecule has 12 nitrogen and oxygen atoms in total. The van der Waals surface area contributed by atoms with Gasteiger partial charge in [0.05, 0.1) is 31.7 Å². The third-order valence-corrected chi connectivity index (χ3v) is 10.7. The van der Waals surface area contributed by atoms with E-state index in [0.29, 0.717) is 23.5 Å². The predicted molar refractivity (Wildman–Crippen MR) is 199 cm³/mol. The molecule has 0 saturated heterocycles. The summed E-state index contributed by atoms with van der Waals surface area (Å²) in [5, 5.41) is 0. The molecule has 0 radical (unpaired) electrons. The number of aromatic nitrogens is 4. The number of carbonyl (C=O) groups excluding carboxylic acids is 1. The summed E-state index contributed by atoms with van der Waals surface area (Å²) in [6.07, 6.45) is 23.4.